The van der Waals surface area contributed by atoms with Gasteiger partial charge in [-0.1, -0.05) is 11.6 Å². The number of hydrogen-bond donors (Lipinski definition) is 0. The number of benzene rings is 2. The third-order valence-corrected chi connectivity index (χ3v) is 2.98. The van der Waals surface area contributed by atoms with Crippen LogP contribution in [0.15, 0.2) is 36.4 Å². The first-order valence-electron chi connectivity index (χ1n) is 5.69. The number of aryl methyl sites for hydroxylation is 1. The number of nitrogens with zero attached hydrogens (tertiary/aromatic N) is 1. The molecule has 2 aromatic carbocycles. The first kappa shape index (κ1) is 14.0. The minimum absolute atomic E-state index is 0.0275. The molecule has 0 aromatic heterocycles. The van der Waals surface area contributed by atoms with Gasteiger partial charge in [0, 0.05) is 17.2 Å². The summed E-state index contributed by atoms with van der Waals surface area (Å²) in [6.07, 6.45) is 0.686. The smallest absolute Gasteiger partial charge is 0.272 e. The summed E-state index contributed by atoms with van der Waals surface area (Å²) >= 11 is 5.99. The highest BCUT2D eigenvalue weighted by Gasteiger charge is 2.12. The largest absolute Gasteiger partial charge is 0.456 e. The van der Waals surface area contributed by atoms with E-state index >= 15 is 0 Å². The van der Waals surface area contributed by atoms with Crippen LogP contribution in [0.5, 0.6) is 11.5 Å². The molecule has 0 radical (unpaired) electrons. The lowest BCUT2D eigenvalue weighted by Crippen LogP contribution is -1.93. The van der Waals surface area contributed by atoms with Crippen molar-refractivity contribution in [1.29, 1.82) is 0 Å². The lowest BCUT2D eigenvalue weighted by atomic mass is 10.2. The highest BCUT2D eigenvalue weighted by Crippen LogP contribution is 2.31. The molecule has 0 aliphatic heterocycles. The predicted octanol–water partition coefficient (Wildman–Crippen LogP) is 4.16. The van der Waals surface area contributed by atoms with Crippen molar-refractivity contribution in [3.05, 3.63) is 62.7 Å². The average molecular weight is 292 g/mol. The molecule has 0 fully saturated rings. The van der Waals surface area contributed by atoms with E-state index in [-0.39, 0.29) is 5.69 Å². The van der Waals surface area contributed by atoms with E-state index in [0.717, 1.165) is 0 Å². The standard InChI is InChI=1S/C14H10ClNO4/c1-9-6-11(3-4-13(9)16(18)19)20-14-5-2-10(8-17)7-12(14)15/h2-8H,1H3. The topological polar surface area (TPSA) is 69.4 Å². The number of hydrogen-bond acceptors (Lipinski definition) is 4. The average Bonchev–Trinajstić information content (AvgIpc) is 2.40. The number of aldehydes is 1. The van der Waals surface area contributed by atoms with Crippen LogP contribution in [0, 0.1) is 17.0 Å². The molecule has 2 rings (SSSR count). The summed E-state index contributed by atoms with van der Waals surface area (Å²) in [5, 5.41) is 11.0. The summed E-state index contributed by atoms with van der Waals surface area (Å²) < 4.78 is 5.55. The van der Waals surface area contributed by atoms with E-state index in [1.54, 1.807) is 25.1 Å². The van der Waals surface area contributed by atoms with Crippen molar-refractivity contribution in [1.82, 2.24) is 0 Å². The van der Waals surface area contributed by atoms with Gasteiger partial charge in [0.2, 0.25) is 0 Å². The first-order valence-corrected chi connectivity index (χ1v) is 6.06. The molecule has 6 heteroatoms. The number of nitro groups is 1. The number of nitro benzene ring substituents is 1. The lowest BCUT2D eigenvalue weighted by Gasteiger charge is -2.08. The Bertz CT molecular complexity index is 685. The van der Waals surface area contributed by atoms with E-state index in [9.17, 15) is 14.9 Å². The molecule has 0 N–H and O–H groups in total. The van der Waals surface area contributed by atoms with Crippen LogP contribution in [0.3, 0.4) is 0 Å². The molecule has 0 saturated heterocycles. The maximum atomic E-state index is 10.7. The van der Waals surface area contributed by atoms with Crippen LogP contribution in [0.4, 0.5) is 5.69 Å². The summed E-state index contributed by atoms with van der Waals surface area (Å²) in [6.45, 7) is 1.63. The summed E-state index contributed by atoms with van der Waals surface area (Å²) in [5.41, 5.74) is 0.968. The van der Waals surface area contributed by atoms with E-state index in [2.05, 4.69) is 0 Å². The van der Waals surface area contributed by atoms with Gasteiger partial charge in [-0.25, -0.2) is 0 Å². The van der Waals surface area contributed by atoms with Crippen molar-refractivity contribution in [3.63, 3.8) is 0 Å². The summed E-state index contributed by atoms with van der Waals surface area (Å²) in [4.78, 5) is 20.9. The van der Waals surface area contributed by atoms with E-state index < -0.39 is 4.92 Å². The van der Waals surface area contributed by atoms with E-state index in [1.165, 1.54) is 18.2 Å². The molecule has 0 aliphatic carbocycles. The maximum Gasteiger partial charge on any atom is 0.272 e. The van der Waals surface area contributed by atoms with Crippen LogP contribution in [-0.2, 0) is 0 Å². The van der Waals surface area contributed by atoms with Crippen LogP contribution in [0.25, 0.3) is 0 Å². The fourth-order valence-electron chi connectivity index (χ4n) is 1.70. The molecule has 5 nitrogen and oxygen atoms in total. The molecule has 0 amide bonds. The van der Waals surface area contributed by atoms with Crippen molar-refractivity contribution in [2.45, 2.75) is 6.92 Å². The van der Waals surface area contributed by atoms with Crippen LogP contribution in [0.1, 0.15) is 15.9 Å². The molecule has 0 unspecified atom stereocenters. The van der Waals surface area contributed by atoms with Gasteiger partial charge in [0.15, 0.2) is 0 Å². The Balaban J connectivity index is 2.28. The Hall–Kier alpha value is -2.40. The van der Waals surface area contributed by atoms with Crippen LogP contribution in [0.2, 0.25) is 5.02 Å². The van der Waals surface area contributed by atoms with Gasteiger partial charge in [0.05, 0.1) is 9.95 Å². The van der Waals surface area contributed by atoms with Gasteiger partial charge in [-0.15, -0.1) is 0 Å². The molecule has 0 atom stereocenters. The van der Waals surface area contributed by atoms with Crippen molar-refractivity contribution in [2.75, 3.05) is 0 Å². The molecule has 0 spiro atoms. The quantitative estimate of drug-likeness (QED) is 0.482. The van der Waals surface area contributed by atoms with Gasteiger partial charge in [-0.2, -0.15) is 0 Å². The molecule has 0 aliphatic rings. The Morgan fingerprint density at radius 3 is 2.55 bits per heavy atom. The summed E-state index contributed by atoms with van der Waals surface area (Å²) in [7, 11) is 0. The Morgan fingerprint density at radius 1 is 1.25 bits per heavy atom. The Morgan fingerprint density at radius 2 is 2.00 bits per heavy atom. The first-order chi connectivity index (χ1) is 9.51. The Kier molecular flexibility index (Phi) is 4.00. The highest BCUT2D eigenvalue weighted by atomic mass is 35.5. The zero-order valence-electron chi connectivity index (χ0n) is 10.5. The van der Waals surface area contributed by atoms with Crippen LogP contribution >= 0.6 is 11.6 Å². The van der Waals surface area contributed by atoms with Crippen molar-refractivity contribution >= 4 is 23.6 Å². The predicted molar refractivity (Wildman–Crippen MR) is 74.7 cm³/mol. The molecular formula is C14H10ClNO4. The van der Waals surface area contributed by atoms with E-state index in [4.69, 9.17) is 16.3 Å². The highest BCUT2D eigenvalue weighted by molar-refractivity contribution is 6.32. The molecule has 0 saturated carbocycles. The summed E-state index contributed by atoms with van der Waals surface area (Å²) in [6, 6.07) is 9.06. The number of halogens is 1. The van der Waals surface area contributed by atoms with Gasteiger partial charge < -0.3 is 4.74 Å². The fraction of sp³-hybridized carbons (Fsp3) is 0.0714. The van der Waals surface area contributed by atoms with Gasteiger partial charge in [0.1, 0.15) is 17.8 Å². The van der Waals surface area contributed by atoms with Gasteiger partial charge in [0.25, 0.3) is 5.69 Å². The second-order valence-electron chi connectivity index (χ2n) is 4.12. The molecule has 2 aromatic rings. The molecule has 0 heterocycles. The molecule has 20 heavy (non-hydrogen) atoms. The van der Waals surface area contributed by atoms with Crippen molar-refractivity contribution < 1.29 is 14.5 Å². The van der Waals surface area contributed by atoms with Crippen molar-refractivity contribution in [2.24, 2.45) is 0 Å². The molecular weight excluding hydrogens is 282 g/mol. The lowest BCUT2D eigenvalue weighted by molar-refractivity contribution is -0.385. The number of carbonyl (C=O) groups excluding carboxylic acids is 1. The minimum Gasteiger partial charge on any atom is -0.456 e. The van der Waals surface area contributed by atoms with E-state index in [0.29, 0.717) is 33.9 Å². The fourth-order valence-corrected chi connectivity index (χ4v) is 1.92. The molecule has 102 valence electrons. The van der Waals surface area contributed by atoms with Gasteiger partial charge in [-0.05, 0) is 37.3 Å². The number of ether oxygens (including phenoxy) is 1. The zero-order chi connectivity index (χ0) is 14.7. The van der Waals surface area contributed by atoms with Crippen molar-refractivity contribution in [3.8, 4) is 11.5 Å². The van der Waals surface area contributed by atoms with Crippen LogP contribution in [-0.4, -0.2) is 11.2 Å². The Labute approximate surface area is 119 Å². The van der Waals surface area contributed by atoms with E-state index in [1.807, 2.05) is 0 Å². The third kappa shape index (κ3) is 2.95. The normalized spacial score (nSPS) is 10.1. The SMILES string of the molecule is Cc1cc(Oc2ccc(C=O)cc2Cl)ccc1[N+](=O)[O-]. The second-order valence-corrected chi connectivity index (χ2v) is 4.52. The summed E-state index contributed by atoms with van der Waals surface area (Å²) in [5.74, 6) is 0.819. The number of carbonyl (C=O) groups is 1. The second kappa shape index (κ2) is 5.71. The van der Waals surface area contributed by atoms with Crippen LogP contribution < -0.4 is 4.74 Å². The monoisotopic (exact) mass is 291 g/mol. The third-order valence-electron chi connectivity index (χ3n) is 2.68. The number of rotatable bonds is 4. The minimum atomic E-state index is -0.453. The van der Waals surface area contributed by atoms with Gasteiger partial charge >= 0.3 is 0 Å². The van der Waals surface area contributed by atoms with Gasteiger partial charge in [-0.3, -0.25) is 14.9 Å². The molecule has 0 bridgehead atoms. The maximum absolute atomic E-state index is 10.7. The zero-order valence-corrected chi connectivity index (χ0v) is 11.3.